The smallest absolute Gasteiger partial charge is 0.413 e. The average molecular weight is 813 g/mol. The van der Waals surface area contributed by atoms with Crippen molar-refractivity contribution in [1.82, 2.24) is 4.90 Å². The first kappa shape index (κ1) is 43.8. The number of carbonyl (C=O) groups is 5. The summed E-state index contributed by atoms with van der Waals surface area (Å²) in [4.78, 5) is 64.0. The van der Waals surface area contributed by atoms with Gasteiger partial charge in [-0.2, -0.15) is 0 Å². The second kappa shape index (κ2) is 20.2. The number of hydrogen-bond acceptors (Lipinski definition) is 13. The van der Waals surface area contributed by atoms with Crippen molar-refractivity contribution in [2.45, 2.75) is 82.8 Å². The summed E-state index contributed by atoms with van der Waals surface area (Å²) in [5.41, 5.74) is -0.399. The normalized spacial score (nSPS) is 12.0. The summed E-state index contributed by atoms with van der Waals surface area (Å²) in [6.45, 7) is 6.19. The van der Waals surface area contributed by atoms with Gasteiger partial charge < -0.3 is 28.7 Å². The van der Waals surface area contributed by atoms with E-state index in [1.165, 1.54) is 23.3 Å². The van der Waals surface area contributed by atoms with Crippen LogP contribution in [0.1, 0.15) is 86.3 Å². The van der Waals surface area contributed by atoms with E-state index in [0.29, 0.717) is 29.2 Å². The van der Waals surface area contributed by atoms with E-state index in [9.17, 15) is 32.4 Å². The first-order valence-electron chi connectivity index (χ1n) is 16.7. The van der Waals surface area contributed by atoms with Gasteiger partial charge in [-0.15, -0.1) is 0 Å². The number of Topliss-reactive ketones (excluding diaryl/α,β-unsaturated/α-hetero) is 1. The Balaban J connectivity index is 1.35. The van der Waals surface area contributed by atoms with Gasteiger partial charge in [0, 0.05) is 29.0 Å². The van der Waals surface area contributed by atoms with E-state index < -0.39 is 57.3 Å². The molecule has 3 rings (SSSR count). The van der Waals surface area contributed by atoms with Crippen LogP contribution in [0.2, 0.25) is 10.0 Å². The molecule has 15 nitrogen and oxygen atoms in total. The van der Waals surface area contributed by atoms with Crippen molar-refractivity contribution in [1.29, 1.82) is 0 Å². The molecule has 1 heterocycles. The number of furan rings is 1. The summed E-state index contributed by atoms with van der Waals surface area (Å²) >= 11 is 12.1. The van der Waals surface area contributed by atoms with Crippen LogP contribution < -0.4 is 10.5 Å². The molecule has 0 spiro atoms. The second-order valence-electron chi connectivity index (χ2n) is 12.9. The van der Waals surface area contributed by atoms with Crippen molar-refractivity contribution in [3.8, 4) is 0 Å². The summed E-state index contributed by atoms with van der Waals surface area (Å²) in [6.07, 6.45) is 1.15. The molecule has 1 atom stereocenters. The van der Waals surface area contributed by atoms with Crippen LogP contribution >= 0.6 is 23.2 Å². The molecule has 0 aliphatic carbocycles. The van der Waals surface area contributed by atoms with E-state index >= 15 is 0 Å². The van der Waals surface area contributed by atoms with E-state index in [4.69, 9.17) is 51.7 Å². The van der Waals surface area contributed by atoms with Crippen molar-refractivity contribution in [2.75, 3.05) is 25.3 Å². The number of ether oxygens (including phenoxy) is 4. The molecule has 0 bridgehead atoms. The molecule has 54 heavy (non-hydrogen) atoms. The summed E-state index contributed by atoms with van der Waals surface area (Å²) in [5.74, 6) is -1.90. The van der Waals surface area contributed by atoms with Gasteiger partial charge in [-0.25, -0.2) is 23.1 Å². The van der Waals surface area contributed by atoms with Crippen LogP contribution in [-0.4, -0.2) is 74.7 Å². The predicted molar refractivity (Wildman–Crippen MR) is 197 cm³/mol. The first-order chi connectivity index (χ1) is 25.4. The highest BCUT2D eigenvalue weighted by molar-refractivity contribution is 7.89. The molecule has 0 radical (unpaired) electrons. The Kier molecular flexibility index (Phi) is 16.3. The standard InChI is InChI=1S/C36H43Cl2N3O12S/c1-23(33(44)24-10-7-11-25(37)18-24)41(36(2,3)4)35(46)53-22-52-32(43)14-8-13-31(42)50-15-5-6-16-51-34(45)27-19-30(54(39,47)48)28(38)20-29(27)40-21-26-12-9-17-49-26/h7,9-12,17-20,23,40H,5-6,8,13-16,21-22H2,1-4H3,(H2,39,47,48). The summed E-state index contributed by atoms with van der Waals surface area (Å²) < 4.78 is 49.8. The number of benzene rings is 2. The number of amides is 1. The number of nitrogens with zero attached hydrogens (tertiary/aromatic N) is 1. The number of primary sulfonamides is 1. The number of unbranched alkanes of at least 4 members (excludes halogenated alkanes) is 1. The quantitative estimate of drug-likeness (QED) is 0.0436. The number of hydrogen-bond donors (Lipinski definition) is 2. The van der Waals surface area contributed by atoms with Gasteiger partial charge in [-0.3, -0.25) is 19.3 Å². The molecule has 0 aliphatic heterocycles. The number of ketones is 1. The molecule has 3 N–H and O–H groups in total. The van der Waals surface area contributed by atoms with Gasteiger partial charge in [0.1, 0.15) is 10.7 Å². The van der Waals surface area contributed by atoms with Gasteiger partial charge in [0.15, 0.2) is 5.78 Å². The van der Waals surface area contributed by atoms with Gasteiger partial charge in [0.05, 0.1) is 48.3 Å². The molecule has 1 aromatic heterocycles. The summed E-state index contributed by atoms with van der Waals surface area (Å²) in [6, 6.07) is 11.1. The molecular formula is C36H43Cl2N3O12S. The van der Waals surface area contributed by atoms with Gasteiger partial charge in [-0.05, 0) is 83.4 Å². The molecule has 0 fully saturated rings. The van der Waals surface area contributed by atoms with E-state index in [1.807, 2.05) is 0 Å². The maximum Gasteiger partial charge on any atom is 0.413 e. The van der Waals surface area contributed by atoms with Crippen molar-refractivity contribution >= 4 is 68.7 Å². The van der Waals surface area contributed by atoms with Crippen LogP contribution in [-0.2, 0) is 45.1 Å². The highest BCUT2D eigenvalue weighted by atomic mass is 35.5. The Bertz CT molecular complexity index is 1900. The molecule has 1 amide bonds. The molecule has 0 saturated carbocycles. The van der Waals surface area contributed by atoms with Crippen molar-refractivity contribution in [3.63, 3.8) is 0 Å². The largest absolute Gasteiger partial charge is 0.467 e. The van der Waals surface area contributed by atoms with Crippen molar-refractivity contribution < 1.29 is 55.8 Å². The number of esters is 3. The summed E-state index contributed by atoms with van der Waals surface area (Å²) in [7, 11) is -4.24. The number of nitrogens with two attached hydrogens (primary N) is 1. The minimum atomic E-state index is -4.24. The minimum Gasteiger partial charge on any atom is -0.467 e. The topological polar surface area (TPSA) is 211 Å². The van der Waals surface area contributed by atoms with Gasteiger partial charge >= 0.3 is 24.0 Å². The monoisotopic (exact) mass is 811 g/mol. The van der Waals surface area contributed by atoms with Gasteiger partial charge in [-0.1, -0.05) is 35.3 Å². The molecule has 18 heteroatoms. The Morgan fingerprint density at radius 1 is 0.889 bits per heavy atom. The fourth-order valence-electron chi connectivity index (χ4n) is 5.06. The van der Waals surface area contributed by atoms with Gasteiger partial charge in [0.25, 0.3) is 0 Å². The molecule has 0 saturated heterocycles. The zero-order chi connectivity index (χ0) is 40.1. The van der Waals surface area contributed by atoms with E-state index in [2.05, 4.69) is 5.32 Å². The number of carbonyl (C=O) groups excluding carboxylic acids is 5. The Labute approximate surface area is 323 Å². The lowest BCUT2D eigenvalue weighted by atomic mass is 9.98. The van der Waals surface area contributed by atoms with Gasteiger partial charge in [0.2, 0.25) is 16.8 Å². The number of sulfonamides is 1. The lowest BCUT2D eigenvalue weighted by Gasteiger charge is -2.38. The molecule has 294 valence electrons. The fourth-order valence-corrected chi connectivity index (χ4v) is 6.35. The maximum atomic E-state index is 13.1. The van der Waals surface area contributed by atoms with Crippen LogP contribution in [0.25, 0.3) is 0 Å². The highest BCUT2D eigenvalue weighted by Crippen LogP contribution is 2.29. The highest BCUT2D eigenvalue weighted by Gasteiger charge is 2.36. The van der Waals surface area contributed by atoms with Crippen LogP contribution in [0.15, 0.2) is 64.1 Å². The minimum absolute atomic E-state index is 0.0196. The number of nitrogens with one attached hydrogen (secondary N) is 1. The van der Waals surface area contributed by atoms with Crippen LogP contribution in [0.4, 0.5) is 10.5 Å². The SMILES string of the molecule is CC(C(=O)c1cccc(Cl)c1)N(C(=O)OCOC(=O)CCCC(=O)OCCCCOC(=O)c1cc(S(N)(=O)=O)c(Cl)cc1NCc1ccco1)C(C)(C)C. The van der Waals surface area contributed by atoms with E-state index in [0.717, 1.165) is 6.07 Å². The van der Waals surface area contributed by atoms with Crippen molar-refractivity contribution in [2.24, 2.45) is 5.14 Å². The Morgan fingerprint density at radius 3 is 2.17 bits per heavy atom. The van der Waals surface area contributed by atoms with Crippen molar-refractivity contribution in [3.05, 3.63) is 81.7 Å². The lowest BCUT2D eigenvalue weighted by molar-refractivity contribution is -0.153. The second-order valence-corrected chi connectivity index (χ2v) is 15.2. The van der Waals surface area contributed by atoms with Crippen LogP contribution in [0.3, 0.4) is 0 Å². The van der Waals surface area contributed by atoms with E-state index in [-0.39, 0.29) is 61.1 Å². The predicted octanol–water partition coefficient (Wildman–Crippen LogP) is 6.51. The Hall–Kier alpha value is -4.64. The molecule has 3 aromatic rings. The fraction of sp³-hybridized carbons (Fsp3) is 0.417. The zero-order valence-electron chi connectivity index (χ0n) is 30.2. The molecule has 2 aromatic carbocycles. The maximum absolute atomic E-state index is 13.1. The van der Waals surface area contributed by atoms with Crippen LogP contribution in [0, 0.1) is 0 Å². The molecule has 1 unspecified atom stereocenters. The number of rotatable bonds is 19. The lowest BCUT2D eigenvalue weighted by Crippen LogP contribution is -2.53. The molecule has 0 aliphatic rings. The first-order valence-corrected chi connectivity index (χ1v) is 19.1. The third-order valence-corrected chi connectivity index (χ3v) is 9.24. The number of halogens is 2. The average Bonchev–Trinajstić information content (AvgIpc) is 3.61. The third kappa shape index (κ3) is 13.6. The third-order valence-electron chi connectivity index (χ3n) is 7.63. The molecular weight excluding hydrogens is 769 g/mol. The number of anilines is 1. The zero-order valence-corrected chi connectivity index (χ0v) is 32.6. The van der Waals surface area contributed by atoms with E-state index in [1.54, 1.807) is 58.0 Å². The van der Waals surface area contributed by atoms with Crippen LogP contribution in [0.5, 0.6) is 0 Å². The Morgan fingerprint density at radius 2 is 1.56 bits per heavy atom. The summed E-state index contributed by atoms with van der Waals surface area (Å²) in [5, 5.41) is 8.40.